The molecule has 1 aliphatic heterocycles. The van der Waals surface area contributed by atoms with Crippen molar-refractivity contribution in [3.63, 3.8) is 0 Å². The van der Waals surface area contributed by atoms with Crippen LogP contribution in [0.25, 0.3) is 10.9 Å². The molecule has 4 rings (SSSR count). The van der Waals surface area contributed by atoms with Crippen LogP contribution in [-0.2, 0) is 9.53 Å². The lowest BCUT2D eigenvalue weighted by Crippen LogP contribution is -2.47. The summed E-state index contributed by atoms with van der Waals surface area (Å²) in [5, 5.41) is 4.93. The van der Waals surface area contributed by atoms with Crippen molar-refractivity contribution in [2.24, 2.45) is 0 Å². The van der Waals surface area contributed by atoms with E-state index in [-0.39, 0.29) is 12.0 Å². The first kappa shape index (κ1) is 26.3. The van der Waals surface area contributed by atoms with Crippen LogP contribution < -0.4 is 14.8 Å². The zero-order chi connectivity index (χ0) is 25.5. The number of morpholine rings is 1. The molecule has 36 heavy (non-hydrogen) atoms. The number of hydrogen-bond acceptors (Lipinski definition) is 7. The molecule has 1 aliphatic rings. The van der Waals surface area contributed by atoms with Crippen molar-refractivity contribution in [2.45, 2.75) is 38.7 Å². The summed E-state index contributed by atoms with van der Waals surface area (Å²) in [6.45, 7) is 4.05. The van der Waals surface area contributed by atoms with E-state index in [1.54, 1.807) is 19.2 Å². The first-order valence-corrected chi connectivity index (χ1v) is 12.8. The number of halogens is 2. The Balaban J connectivity index is 1.46. The third-order valence-corrected chi connectivity index (χ3v) is 6.75. The average molecular weight is 533 g/mol. The van der Waals surface area contributed by atoms with Gasteiger partial charge < -0.3 is 24.4 Å². The van der Waals surface area contributed by atoms with Gasteiger partial charge in [0.2, 0.25) is 5.91 Å². The molecule has 1 saturated heterocycles. The second-order valence-electron chi connectivity index (χ2n) is 8.60. The van der Waals surface area contributed by atoms with Gasteiger partial charge in [-0.3, -0.25) is 4.79 Å². The minimum atomic E-state index is -0.216. The summed E-state index contributed by atoms with van der Waals surface area (Å²) in [6.07, 6.45) is 4.93. The van der Waals surface area contributed by atoms with E-state index in [0.29, 0.717) is 65.6 Å². The summed E-state index contributed by atoms with van der Waals surface area (Å²) in [5.74, 6) is 1.85. The van der Waals surface area contributed by atoms with Crippen molar-refractivity contribution in [3.05, 3.63) is 46.7 Å². The number of carbonyl (C=O) groups excluding carboxylic acids is 1. The van der Waals surface area contributed by atoms with Crippen molar-refractivity contribution in [1.29, 1.82) is 0 Å². The van der Waals surface area contributed by atoms with Crippen LogP contribution in [0.4, 0.5) is 11.5 Å². The van der Waals surface area contributed by atoms with Gasteiger partial charge in [0.05, 0.1) is 35.8 Å². The highest BCUT2D eigenvalue weighted by molar-refractivity contribution is 6.42. The number of nitrogens with zero attached hydrogens (tertiary/aromatic N) is 3. The Morgan fingerprint density at radius 3 is 2.81 bits per heavy atom. The minimum Gasteiger partial charge on any atom is -0.493 e. The maximum absolute atomic E-state index is 12.5. The smallest absolute Gasteiger partial charge is 0.222 e. The lowest BCUT2D eigenvalue weighted by Gasteiger charge is -2.33. The standard InChI is InChI=1S/C26H30Cl2N4O4/c1-3-4-5-6-25(33)32-9-10-35-18(14-32)15-36-24-13-22-19(12-23(24)34-2)26(30-16-29-22)31-17-7-8-20(27)21(28)11-17/h7-8,11-13,16,18H,3-6,9-10,14-15H2,1-2H3,(H,29,30,31). The molecule has 1 atom stereocenters. The Bertz CT molecular complexity index is 1210. The molecule has 3 aromatic rings. The molecule has 1 unspecified atom stereocenters. The molecule has 2 aromatic carbocycles. The topological polar surface area (TPSA) is 85.8 Å². The maximum Gasteiger partial charge on any atom is 0.222 e. The molecular formula is C26H30Cl2N4O4. The highest BCUT2D eigenvalue weighted by Gasteiger charge is 2.25. The van der Waals surface area contributed by atoms with Gasteiger partial charge >= 0.3 is 0 Å². The average Bonchev–Trinajstić information content (AvgIpc) is 2.89. The highest BCUT2D eigenvalue weighted by Crippen LogP contribution is 2.35. The monoisotopic (exact) mass is 532 g/mol. The van der Waals surface area contributed by atoms with Gasteiger partial charge in [0, 0.05) is 30.1 Å². The van der Waals surface area contributed by atoms with E-state index in [0.717, 1.165) is 30.3 Å². The number of benzene rings is 2. The summed E-state index contributed by atoms with van der Waals surface area (Å²) in [5.41, 5.74) is 1.42. The van der Waals surface area contributed by atoms with Gasteiger partial charge in [-0.25, -0.2) is 9.97 Å². The molecule has 1 aromatic heterocycles. The van der Waals surface area contributed by atoms with Crippen molar-refractivity contribution >= 4 is 51.5 Å². The lowest BCUT2D eigenvalue weighted by molar-refractivity contribution is -0.140. The largest absolute Gasteiger partial charge is 0.493 e. The Labute approximate surface area is 220 Å². The van der Waals surface area contributed by atoms with Crippen molar-refractivity contribution in [3.8, 4) is 11.5 Å². The van der Waals surface area contributed by atoms with Crippen LogP contribution in [0.5, 0.6) is 11.5 Å². The summed E-state index contributed by atoms with van der Waals surface area (Å²) in [7, 11) is 1.58. The SMILES string of the molecule is CCCCCC(=O)N1CCOC(COc2cc3ncnc(Nc4ccc(Cl)c(Cl)c4)c3cc2OC)C1. The van der Waals surface area contributed by atoms with Crippen LogP contribution in [0.1, 0.15) is 32.6 Å². The molecule has 1 N–H and O–H groups in total. The Kier molecular flexibility index (Phi) is 9.07. The highest BCUT2D eigenvalue weighted by atomic mass is 35.5. The van der Waals surface area contributed by atoms with Crippen molar-refractivity contribution < 1.29 is 19.0 Å². The van der Waals surface area contributed by atoms with Crippen LogP contribution >= 0.6 is 23.2 Å². The first-order valence-electron chi connectivity index (χ1n) is 12.1. The second kappa shape index (κ2) is 12.4. The number of amides is 1. The summed E-state index contributed by atoms with van der Waals surface area (Å²) in [4.78, 5) is 23.2. The fourth-order valence-electron chi connectivity index (χ4n) is 4.06. The van der Waals surface area contributed by atoms with Gasteiger partial charge in [-0.15, -0.1) is 0 Å². The van der Waals surface area contributed by atoms with Gasteiger partial charge in [0.25, 0.3) is 0 Å². The molecule has 0 aliphatic carbocycles. The molecule has 192 valence electrons. The number of fused-ring (bicyclic) bond motifs is 1. The van der Waals surface area contributed by atoms with Crippen LogP contribution in [0.15, 0.2) is 36.7 Å². The normalized spacial score (nSPS) is 15.7. The lowest BCUT2D eigenvalue weighted by atomic mass is 10.1. The van der Waals surface area contributed by atoms with E-state index in [1.165, 1.54) is 6.33 Å². The van der Waals surface area contributed by atoms with E-state index in [9.17, 15) is 4.79 Å². The van der Waals surface area contributed by atoms with E-state index in [2.05, 4.69) is 22.2 Å². The number of methoxy groups -OCH3 is 1. The van der Waals surface area contributed by atoms with E-state index in [1.807, 2.05) is 23.1 Å². The van der Waals surface area contributed by atoms with E-state index in [4.69, 9.17) is 37.4 Å². The zero-order valence-electron chi connectivity index (χ0n) is 20.4. The van der Waals surface area contributed by atoms with Gasteiger partial charge in [-0.05, 0) is 30.7 Å². The first-order chi connectivity index (χ1) is 17.5. The number of aromatic nitrogens is 2. The molecule has 8 nitrogen and oxygen atoms in total. The Morgan fingerprint density at radius 1 is 1.17 bits per heavy atom. The molecule has 0 radical (unpaired) electrons. The van der Waals surface area contributed by atoms with E-state index < -0.39 is 0 Å². The summed E-state index contributed by atoms with van der Waals surface area (Å²) in [6, 6.07) is 8.91. The summed E-state index contributed by atoms with van der Waals surface area (Å²) >= 11 is 12.2. The van der Waals surface area contributed by atoms with Gasteiger partial charge in [0.1, 0.15) is 24.9 Å². The molecule has 0 saturated carbocycles. The Hall–Kier alpha value is -2.81. The Morgan fingerprint density at radius 2 is 2.03 bits per heavy atom. The fraction of sp³-hybridized carbons (Fsp3) is 0.423. The third kappa shape index (κ3) is 6.49. The zero-order valence-corrected chi connectivity index (χ0v) is 21.9. The van der Waals surface area contributed by atoms with Gasteiger partial charge in [-0.2, -0.15) is 0 Å². The number of rotatable bonds is 10. The molecule has 1 fully saturated rings. The number of anilines is 2. The number of unbranched alkanes of at least 4 members (excludes halogenated alkanes) is 2. The van der Waals surface area contributed by atoms with Crippen molar-refractivity contribution in [2.75, 3.05) is 38.7 Å². The summed E-state index contributed by atoms with van der Waals surface area (Å²) < 4.78 is 17.5. The minimum absolute atomic E-state index is 0.179. The number of hydrogen-bond donors (Lipinski definition) is 1. The van der Waals surface area contributed by atoms with Crippen LogP contribution in [-0.4, -0.2) is 60.3 Å². The van der Waals surface area contributed by atoms with Gasteiger partial charge in [-0.1, -0.05) is 43.0 Å². The predicted molar refractivity (Wildman–Crippen MR) is 142 cm³/mol. The number of carbonyl (C=O) groups is 1. The molecule has 1 amide bonds. The second-order valence-corrected chi connectivity index (χ2v) is 9.41. The third-order valence-electron chi connectivity index (χ3n) is 6.01. The predicted octanol–water partition coefficient (Wildman–Crippen LogP) is 5.88. The molecule has 2 heterocycles. The van der Waals surface area contributed by atoms with Crippen LogP contribution in [0.3, 0.4) is 0 Å². The van der Waals surface area contributed by atoms with Gasteiger partial charge in [0.15, 0.2) is 11.5 Å². The molecular weight excluding hydrogens is 503 g/mol. The van der Waals surface area contributed by atoms with E-state index >= 15 is 0 Å². The number of ether oxygens (including phenoxy) is 3. The molecule has 0 spiro atoms. The quantitative estimate of drug-likeness (QED) is 0.326. The van der Waals surface area contributed by atoms with Crippen LogP contribution in [0, 0.1) is 0 Å². The maximum atomic E-state index is 12.5. The molecule has 0 bridgehead atoms. The molecule has 10 heteroatoms. The fourth-order valence-corrected chi connectivity index (χ4v) is 4.36. The number of nitrogens with one attached hydrogen (secondary N) is 1. The van der Waals surface area contributed by atoms with Crippen molar-refractivity contribution in [1.82, 2.24) is 14.9 Å². The van der Waals surface area contributed by atoms with Crippen LogP contribution in [0.2, 0.25) is 10.0 Å².